The molecule has 0 saturated carbocycles. The molecular formula is C22H18N4O4. The zero-order valence-corrected chi connectivity index (χ0v) is 16.5. The van der Waals surface area contributed by atoms with Gasteiger partial charge >= 0.3 is 5.69 Å². The Balaban J connectivity index is 2.07. The van der Waals surface area contributed by atoms with Crippen molar-refractivity contribution < 1.29 is 4.92 Å². The van der Waals surface area contributed by atoms with Crippen molar-refractivity contribution in [1.82, 2.24) is 13.9 Å². The first-order valence-corrected chi connectivity index (χ1v) is 9.53. The van der Waals surface area contributed by atoms with Crippen molar-refractivity contribution in [3.63, 3.8) is 0 Å². The number of aromatic nitrogens is 2. The monoisotopic (exact) mass is 402 g/mol. The Labute approximate surface area is 169 Å². The summed E-state index contributed by atoms with van der Waals surface area (Å²) >= 11 is 0. The maximum absolute atomic E-state index is 13.4. The smallest absolute Gasteiger partial charge is 0.308 e. The third kappa shape index (κ3) is 2.44. The van der Waals surface area contributed by atoms with Crippen LogP contribution in [0.1, 0.15) is 0 Å². The normalized spacial score (nSPS) is 12.1. The Morgan fingerprint density at radius 2 is 1.73 bits per heavy atom. The van der Waals surface area contributed by atoms with Crippen molar-refractivity contribution in [2.45, 2.75) is 6.54 Å². The third-order valence-electron chi connectivity index (χ3n) is 5.61. The molecule has 0 N–H and O–H groups in total. The maximum Gasteiger partial charge on any atom is 0.336 e. The first-order chi connectivity index (χ1) is 14.4. The molecule has 5 rings (SSSR count). The fourth-order valence-electron chi connectivity index (χ4n) is 4.22. The molecule has 0 bridgehead atoms. The molecule has 2 heterocycles. The van der Waals surface area contributed by atoms with E-state index in [1.54, 1.807) is 0 Å². The van der Waals surface area contributed by atoms with E-state index in [9.17, 15) is 19.7 Å². The lowest BCUT2D eigenvalue weighted by molar-refractivity contribution is -0.384. The van der Waals surface area contributed by atoms with Crippen LogP contribution in [0.25, 0.3) is 38.0 Å². The molecule has 0 aliphatic rings. The minimum absolute atomic E-state index is 0.167. The van der Waals surface area contributed by atoms with Crippen LogP contribution in [-0.4, -0.2) is 39.4 Å². The second-order valence-corrected chi connectivity index (χ2v) is 7.71. The number of nitro benzene ring substituents is 1. The molecule has 150 valence electrons. The van der Waals surface area contributed by atoms with Crippen LogP contribution in [0.3, 0.4) is 0 Å². The molecule has 2 aromatic heterocycles. The highest BCUT2D eigenvalue weighted by atomic mass is 16.6. The third-order valence-corrected chi connectivity index (χ3v) is 5.61. The van der Waals surface area contributed by atoms with Crippen molar-refractivity contribution in [3.8, 4) is 0 Å². The van der Waals surface area contributed by atoms with Crippen LogP contribution in [0.2, 0.25) is 0 Å². The van der Waals surface area contributed by atoms with Crippen LogP contribution in [-0.2, 0) is 6.54 Å². The van der Waals surface area contributed by atoms with Crippen LogP contribution in [0.15, 0.2) is 58.1 Å². The number of likely N-dealkylation sites (N-methyl/N-ethyl adjacent to an activating group) is 1. The van der Waals surface area contributed by atoms with Crippen LogP contribution in [0, 0.1) is 10.1 Å². The van der Waals surface area contributed by atoms with Crippen molar-refractivity contribution in [2.24, 2.45) is 0 Å². The lowest BCUT2D eigenvalue weighted by Gasteiger charge is -2.12. The van der Waals surface area contributed by atoms with Crippen LogP contribution < -0.4 is 11.2 Å². The summed E-state index contributed by atoms with van der Waals surface area (Å²) in [6, 6.07) is 14.2. The predicted octanol–water partition coefficient (Wildman–Crippen LogP) is 2.83. The van der Waals surface area contributed by atoms with Gasteiger partial charge in [-0.05, 0) is 30.9 Å². The van der Waals surface area contributed by atoms with Gasteiger partial charge in [-0.1, -0.05) is 30.3 Å². The minimum Gasteiger partial charge on any atom is -0.308 e. The van der Waals surface area contributed by atoms with Crippen LogP contribution >= 0.6 is 0 Å². The molecule has 8 heteroatoms. The van der Waals surface area contributed by atoms with Gasteiger partial charge in [0.05, 0.1) is 21.3 Å². The van der Waals surface area contributed by atoms with Crippen LogP contribution in [0.4, 0.5) is 5.69 Å². The maximum atomic E-state index is 13.4. The molecule has 8 nitrogen and oxygen atoms in total. The first kappa shape index (κ1) is 18.3. The van der Waals surface area contributed by atoms with Crippen molar-refractivity contribution in [1.29, 1.82) is 0 Å². The van der Waals surface area contributed by atoms with Crippen molar-refractivity contribution >= 4 is 43.7 Å². The first-order valence-electron chi connectivity index (χ1n) is 9.53. The highest BCUT2D eigenvalue weighted by molar-refractivity contribution is 6.23. The Kier molecular flexibility index (Phi) is 3.87. The number of hydrogen-bond donors (Lipinski definition) is 0. The van der Waals surface area contributed by atoms with E-state index in [0.717, 1.165) is 16.2 Å². The summed E-state index contributed by atoms with van der Waals surface area (Å²) in [4.78, 5) is 39.5. The number of hydrogen-bond acceptors (Lipinski definition) is 5. The van der Waals surface area contributed by atoms with Gasteiger partial charge in [0, 0.05) is 36.0 Å². The molecule has 5 aromatic rings. The molecule has 0 spiro atoms. The standard InChI is InChI=1S/C22H18N4O4/c1-23(2)9-10-24-21(27)17-12-14(26(29)30)11-16-19-15-6-4-3-5-13(15)7-8-18(19)25(20(16)17)22(24)28/h3-8,11-12H,9-10H2,1-2H3. The molecule has 0 amide bonds. The Bertz CT molecular complexity index is 1600. The zero-order valence-electron chi connectivity index (χ0n) is 16.5. The van der Waals surface area contributed by atoms with E-state index in [4.69, 9.17) is 0 Å². The Morgan fingerprint density at radius 1 is 1.00 bits per heavy atom. The van der Waals surface area contributed by atoms with Gasteiger partial charge in [0.2, 0.25) is 0 Å². The van der Waals surface area contributed by atoms with E-state index in [0.29, 0.717) is 23.0 Å². The summed E-state index contributed by atoms with van der Waals surface area (Å²) in [6.07, 6.45) is 0. The van der Waals surface area contributed by atoms with Gasteiger partial charge in [-0.25, -0.2) is 4.79 Å². The average molecular weight is 402 g/mol. The second kappa shape index (κ2) is 6.36. The lowest BCUT2D eigenvalue weighted by atomic mass is 10.0. The zero-order chi connectivity index (χ0) is 21.2. The summed E-state index contributed by atoms with van der Waals surface area (Å²) in [5, 5.41) is 14.9. The van der Waals surface area contributed by atoms with Crippen LogP contribution in [0.5, 0.6) is 0 Å². The van der Waals surface area contributed by atoms with Gasteiger partial charge in [0.15, 0.2) is 0 Å². The van der Waals surface area contributed by atoms with Gasteiger partial charge in [0.1, 0.15) is 0 Å². The summed E-state index contributed by atoms with van der Waals surface area (Å²) in [5.41, 5.74) is -0.0331. The topological polar surface area (TPSA) is 89.9 Å². The molecule has 0 radical (unpaired) electrons. The summed E-state index contributed by atoms with van der Waals surface area (Å²) < 4.78 is 2.69. The molecule has 0 saturated heterocycles. The number of nitro groups is 1. The van der Waals surface area contributed by atoms with Gasteiger partial charge in [0.25, 0.3) is 11.2 Å². The number of fused-ring (bicyclic) bond motifs is 5. The van der Waals surface area contributed by atoms with Crippen molar-refractivity contribution in [3.05, 3.63) is 79.5 Å². The summed E-state index contributed by atoms with van der Waals surface area (Å²) in [6.45, 7) is 0.689. The molecule has 0 aliphatic heterocycles. The van der Waals surface area contributed by atoms with Gasteiger partial charge in [-0.3, -0.25) is 23.9 Å². The molecular weight excluding hydrogens is 384 g/mol. The lowest BCUT2D eigenvalue weighted by Crippen LogP contribution is -2.39. The van der Waals surface area contributed by atoms with E-state index < -0.39 is 16.2 Å². The fourth-order valence-corrected chi connectivity index (χ4v) is 4.22. The minimum atomic E-state index is -0.504. The van der Waals surface area contributed by atoms with E-state index >= 15 is 0 Å². The van der Waals surface area contributed by atoms with Crippen molar-refractivity contribution in [2.75, 3.05) is 20.6 Å². The van der Waals surface area contributed by atoms with Gasteiger partial charge in [-0.2, -0.15) is 0 Å². The highest BCUT2D eigenvalue weighted by Gasteiger charge is 2.23. The number of rotatable bonds is 4. The Morgan fingerprint density at radius 3 is 2.47 bits per heavy atom. The molecule has 0 unspecified atom stereocenters. The van der Waals surface area contributed by atoms with Gasteiger partial charge in [-0.15, -0.1) is 0 Å². The molecule has 3 aromatic carbocycles. The number of benzene rings is 3. The number of nitrogens with zero attached hydrogens (tertiary/aromatic N) is 4. The summed E-state index contributed by atoms with van der Waals surface area (Å²) in [5.74, 6) is 0. The Hall–Kier alpha value is -3.78. The van der Waals surface area contributed by atoms with E-state index in [1.165, 1.54) is 21.1 Å². The van der Waals surface area contributed by atoms with E-state index in [1.807, 2.05) is 55.4 Å². The fraction of sp³-hybridized carbons (Fsp3) is 0.182. The molecule has 0 aliphatic carbocycles. The van der Waals surface area contributed by atoms with E-state index in [-0.39, 0.29) is 17.6 Å². The van der Waals surface area contributed by atoms with E-state index in [2.05, 4.69) is 0 Å². The number of non-ortho nitro benzene ring substituents is 1. The molecule has 30 heavy (non-hydrogen) atoms. The quantitative estimate of drug-likeness (QED) is 0.341. The molecule has 0 fully saturated rings. The molecule has 0 atom stereocenters. The predicted molar refractivity (Wildman–Crippen MR) is 117 cm³/mol. The second-order valence-electron chi connectivity index (χ2n) is 7.71. The largest absolute Gasteiger partial charge is 0.336 e. The SMILES string of the molecule is CN(C)CCn1c(=O)c2cc([N+](=O)[O-])cc3c4c5ccccc5ccc4n(c1=O)c23. The average Bonchev–Trinajstić information content (AvgIpc) is 3.06. The summed E-state index contributed by atoms with van der Waals surface area (Å²) in [7, 11) is 3.71. The van der Waals surface area contributed by atoms with Gasteiger partial charge < -0.3 is 4.90 Å². The highest BCUT2D eigenvalue weighted by Crippen LogP contribution is 2.36.